The van der Waals surface area contributed by atoms with E-state index in [4.69, 9.17) is 4.74 Å². The molecule has 1 aliphatic heterocycles. The number of anilines is 1. The lowest BCUT2D eigenvalue weighted by Gasteiger charge is -2.05. The molecule has 5 heteroatoms. The van der Waals surface area contributed by atoms with Crippen LogP contribution in [-0.2, 0) is 9.53 Å². The number of nitrogens with one attached hydrogen (secondary N) is 1. The Kier molecular flexibility index (Phi) is 2.62. The van der Waals surface area contributed by atoms with Crippen molar-refractivity contribution in [3.05, 3.63) is 29.7 Å². The average molecular weight is 205 g/mol. The lowest BCUT2D eigenvalue weighted by atomic mass is 10.2. The Balaban J connectivity index is 2.16. The number of carbonyl (C=O) groups is 1. The summed E-state index contributed by atoms with van der Waals surface area (Å²) in [7, 11) is 0. The van der Waals surface area contributed by atoms with Crippen LogP contribution in [-0.4, -0.2) is 22.5 Å². The highest BCUT2D eigenvalue weighted by Crippen LogP contribution is 2.17. The topological polar surface area (TPSA) is 64.1 Å². The molecule has 0 saturated carbocycles. The third-order valence-corrected chi connectivity index (χ3v) is 2.15. The molecule has 1 aromatic heterocycles. The maximum atomic E-state index is 11.2. The number of nitrogens with zero attached hydrogens (tertiary/aromatic N) is 2. The molecule has 5 nitrogen and oxygen atoms in total. The number of cyclic esters (lactones) is 1. The van der Waals surface area contributed by atoms with E-state index >= 15 is 0 Å². The third kappa shape index (κ3) is 2.12. The molecule has 0 aromatic carbocycles. The van der Waals surface area contributed by atoms with E-state index in [9.17, 15) is 4.79 Å². The first kappa shape index (κ1) is 9.64. The Bertz CT molecular complexity index is 400. The minimum atomic E-state index is -0.254. The quantitative estimate of drug-likeness (QED) is 0.578. The van der Waals surface area contributed by atoms with Gasteiger partial charge in [0, 0.05) is 24.5 Å². The number of esters is 1. The van der Waals surface area contributed by atoms with Crippen LogP contribution in [0.1, 0.15) is 13.3 Å². The summed E-state index contributed by atoms with van der Waals surface area (Å²) in [5.41, 5.74) is 1.42. The SMILES string of the molecule is CC(Nc1ncccn1)=C1CCOC1=O. The molecule has 0 aliphatic carbocycles. The van der Waals surface area contributed by atoms with Crippen LogP contribution >= 0.6 is 0 Å². The number of rotatable bonds is 2. The largest absolute Gasteiger partial charge is 0.462 e. The molecular weight excluding hydrogens is 194 g/mol. The minimum absolute atomic E-state index is 0.254. The first-order valence-corrected chi connectivity index (χ1v) is 4.68. The van der Waals surface area contributed by atoms with Crippen LogP contribution in [0.25, 0.3) is 0 Å². The lowest BCUT2D eigenvalue weighted by Crippen LogP contribution is -2.06. The zero-order chi connectivity index (χ0) is 10.7. The van der Waals surface area contributed by atoms with E-state index in [2.05, 4.69) is 15.3 Å². The van der Waals surface area contributed by atoms with Gasteiger partial charge in [0.2, 0.25) is 5.95 Å². The molecule has 1 N–H and O–H groups in total. The lowest BCUT2D eigenvalue weighted by molar-refractivity contribution is -0.135. The van der Waals surface area contributed by atoms with Crippen molar-refractivity contribution in [3.8, 4) is 0 Å². The maximum absolute atomic E-state index is 11.2. The van der Waals surface area contributed by atoms with Crippen LogP contribution in [0.2, 0.25) is 0 Å². The van der Waals surface area contributed by atoms with Crippen molar-refractivity contribution in [2.45, 2.75) is 13.3 Å². The van der Waals surface area contributed by atoms with Gasteiger partial charge in [-0.15, -0.1) is 0 Å². The number of hydrogen-bond acceptors (Lipinski definition) is 5. The molecule has 2 rings (SSSR count). The summed E-state index contributed by atoms with van der Waals surface area (Å²) >= 11 is 0. The van der Waals surface area contributed by atoms with Crippen molar-refractivity contribution in [1.82, 2.24) is 9.97 Å². The summed E-state index contributed by atoms with van der Waals surface area (Å²) in [5.74, 6) is 0.234. The van der Waals surface area contributed by atoms with Gasteiger partial charge in [-0.1, -0.05) is 0 Å². The van der Waals surface area contributed by atoms with Crippen molar-refractivity contribution in [2.24, 2.45) is 0 Å². The third-order valence-electron chi connectivity index (χ3n) is 2.15. The molecule has 0 amide bonds. The minimum Gasteiger partial charge on any atom is -0.462 e. The smallest absolute Gasteiger partial charge is 0.335 e. The first-order valence-electron chi connectivity index (χ1n) is 4.68. The van der Waals surface area contributed by atoms with Gasteiger partial charge in [-0.3, -0.25) is 0 Å². The van der Waals surface area contributed by atoms with Crippen LogP contribution in [0.4, 0.5) is 5.95 Å². The fraction of sp³-hybridized carbons (Fsp3) is 0.300. The Labute approximate surface area is 87.2 Å². The van der Waals surface area contributed by atoms with E-state index in [-0.39, 0.29) is 5.97 Å². The fourth-order valence-electron chi connectivity index (χ4n) is 1.38. The molecule has 1 aliphatic rings. The number of carbonyl (C=O) groups excluding carboxylic acids is 1. The molecular formula is C10H11N3O2. The van der Waals surface area contributed by atoms with E-state index in [0.717, 1.165) is 5.70 Å². The van der Waals surface area contributed by atoms with Crippen LogP contribution in [0.5, 0.6) is 0 Å². The first-order chi connectivity index (χ1) is 7.27. The average Bonchev–Trinajstić information content (AvgIpc) is 2.66. The predicted octanol–water partition coefficient (Wildman–Crippen LogP) is 1.11. The van der Waals surface area contributed by atoms with Crippen LogP contribution in [0.15, 0.2) is 29.7 Å². The maximum Gasteiger partial charge on any atom is 0.335 e. The Morgan fingerprint density at radius 2 is 2.20 bits per heavy atom. The highest BCUT2D eigenvalue weighted by molar-refractivity contribution is 5.91. The molecule has 0 radical (unpaired) electrons. The number of hydrogen-bond donors (Lipinski definition) is 1. The molecule has 78 valence electrons. The Morgan fingerprint density at radius 1 is 1.47 bits per heavy atom. The van der Waals surface area contributed by atoms with Crippen molar-refractivity contribution in [1.29, 1.82) is 0 Å². The summed E-state index contributed by atoms with van der Waals surface area (Å²) < 4.78 is 4.85. The number of aromatic nitrogens is 2. The summed E-state index contributed by atoms with van der Waals surface area (Å²) in [6.45, 7) is 2.28. The van der Waals surface area contributed by atoms with Crippen LogP contribution < -0.4 is 5.32 Å². The molecule has 1 fully saturated rings. The summed E-state index contributed by atoms with van der Waals surface area (Å²) in [4.78, 5) is 19.3. The van der Waals surface area contributed by atoms with Gasteiger partial charge >= 0.3 is 5.97 Å². The molecule has 0 unspecified atom stereocenters. The zero-order valence-electron chi connectivity index (χ0n) is 8.36. The van der Waals surface area contributed by atoms with E-state index in [0.29, 0.717) is 24.5 Å². The van der Waals surface area contributed by atoms with E-state index in [1.165, 1.54) is 0 Å². The van der Waals surface area contributed by atoms with Crippen molar-refractivity contribution in [2.75, 3.05) is 11.9 Å². The van der Waals surface area contributed by atoms with Gasteiger partial charge in [0.1, 0.15) is 0 Å². The van der Waals surface area contributed by atoms with Crippen LogP contribution in [0, 0.1) is 0 Å². The monoisotopic (exact) mass is 205 g/mol. The molecule has 0 atom stereocenters. The van der Waals surface area contributed by atoms with Gasteiger partial charge < -0.3 is 10.1 Å². The second kappa shape index (κ2) is 4.08. The normalized spacial score (nSPS) is 18.6. The number of ether oxygens (including phenoxy) is 1. The fourth-order valence-corrected chi connectivity index (χ4v) is 1.38. The second-order valence-electron chi connectivity index (χ2n) is 3.19. The molecule has 15 heavy (non-hydrogen) atoms. The van der Waals surface area contributed by atoms with Gasteiger partial charge in [0.25, 0.3) is 0 Å². The zero-order valence-corrected chi connectivity index (χ0v) is 8.36. The Morgan fingerprint density at radius 3 is 2.80 bits per heavy atom. The van der Waals surface area contributed by atoms with Gasteiger partial charge in [-0.25, -0.2) is 14.8 Å². The van der Waals surface area contributed by atoms with E-state index < -0.39 is 0 Å². The van der Waals surface area contributed by atoms with E-state index in [1.54, 1.807) is 18.5 Å². The summed E-state index contributed by atoms with van der Waals surface area (Å²) in [5, 5.41) is 2.97. The van der Waals surface area contributed by atoms with Gasteiger partial charge in [-0.2, -0.15) is 0 Å². The molecule has 1 saturated heterocycles. The summed E-state index contributed by atoms with van der Waals surface area (Å²) in [6, 6.07) is 1.73. The highest BCUT2D eigenvalue weighted by atomic mass is 16.5. The van der Waals surface area contributed by atoms with Crippen LogP contribution in [0.3, 0.4) is 0 Å². The second-order valence-corrected chi connectivity index (χ2v) is 3.19. The van der Waals surface area contributed by atoms with Crippen molar-refractivity contribution in [3.63, 3.8) is 0 Å². The number of allylic oxidation sites excluding steroid dienone is 1. The molecule has 0 spiro atoms. The highest BCUT2D eigenvalue weighted by Gasteiger charge is 2.21. The van der Waals surface area contributed by atoms with Gasteiger partial charge in [0.05, 0.1) is 12.2 Å². The molecule has 1 aromatic rings. The predicted molar refractivity (Wildman–Crippen MR) is 53.9 cm³/mol. The van der Waals surface area contributed by atoms with Crippen molar-refractivity contribution < 1.29 is 9.53 Å². The Hall–Kier alpha value is -1.91. The van der Waals surface area contributed by atoms with E-state index in [1.807, 2.05) is 6.92 Å². The summed E-state index contributed by atoms with van der Waals surface area (Å²) in [6.07, 6.45) is 3.92. The standard InChI is InChI=1S/C10H11N3O2/c1-7(8-3-6-15-9(8)14)13-10-11-4-2-5-12-10/h2,4-5H,3,6H2,1H3,(H,11,12,13). The van der Waals surface area contributed by atoms with Gasteiger partial charge in [0.15, 0.2) is 0 Å². The molecule has 2 heterocycles. The van der Waals surface area contributed by atoms with Crippen molar-refractivity contribution >= 4 is 11.9 Å². The molecule has 0 bridgehead atoms. The van der Waals surface area contributed by atoms with Gasteiger partial charge in [-0.05, 0) is 13.0 Å².